The van der Waals surface area contributed by atoms with E-state index in [1.807, 2.05) is 11.8 Å². The van der Waals surface area contributed by atoms with Crippen LogP contribution in [0.3, 0.4) is 0 Å². The lowest BCUT2D eigenvalue weighted by Crippen LogP contribution is -2.22. The fraction of sp³-hybridized carbons (Fsp3) is 0.276. The van der Waals surface area contributed by atoms with Gasteiger partial charge in [-0.1, -0.05) is 56.9 Å². The molecule has 2 nitrogen and oxygen atoms in total. The van der Waals surface area contributed by atoms with Crippen molar-refractivity contribution in [1.82, 2.24) is 9.55 Å². The second kappa shape index (κ2) is 8.52. The Morgan fingerprint density at radius 3 is 2.53 bits per heavy atom. The predicted molar refractivity (Wildman–Crippen MR) is 136 cm³/mol. The maximum Gasteiger partial charge on any atom is 0.141 e. The van der Waals surface area contributed by atoms with Gasteiger partial charge in [-0.05, 0) is 72.0 Å². The highest BCUT2D eigenvalue weighted by Gasteiger charge is 2.27. The van der Waals surface area contributed by atoms with Crippen LogP contribution in [0.1, 0.15) is 50.3 Å². The summed E-state index contributed by atoms with van der Waals surface area (Å²) in [4.78, 5) is 6.31. The average Bonchev–Trinajstić information content (AvgIpc) is 3.17. The van der Waals surface area contributed by atoms with E-state index in [1.54, 1.807) is 0 Å². The highest BCUT2D eigenvalue weighted by Crippen LogP contribution is 2.41. The topological polar surface area (TPSA) is 17.8 Å². The Bertz CT molecular complexity index is 1330. The molecular weight excluding hydrogens is 408 g/mol. The summed E-state index contributed by atoms with van der Waals surface area (Å²) in [6, 6.07) is 23.6. The first-order valence-corrected chi connectivity index (χ1v) is 12.4. The second-order valence-electron chi connectivity index (χ2n) is 9.10. The lowest BCUT2D eigenvalue weighted by atomic mass is 9.81. The van der Waals surface area contributed by atoms with Gasteiger partial charge in [0, 0.05) is 28.1 Å². The smallest absolute Gasteiger partial charge is 0.141 e. The highest BCUT2D eigenvalue weighted by atomic mass is 32.2. The molecule has 1 aromatic heterocycles. The van der Waals surface area contributed by atoms with E-state index in [4.69, 9.17) is 4.98 Å². The number of hydrogen-bond acceptors (Lipinski definition) is 2. The van der Waals surface area contributed by atoms with Crippen LogP contribution in [0.15, 0.2) is 71.6 Å². The maximum atomic E-state index is 4.90. The minimum absolute atomic E-state index is 0.226. The Labute approximate surface area is 195 Å². The summed E-state index contributed by atoms with van der Waals surface area (Å²) >= 11 is 1.96. The number of fused-ring (bicyclic) bond motifs is 2. The van der Waals surface area contributed by atoms with Gasteiger partial charge in [0.15, 0.2) is 0 Å². The fourth-order valence-electron chi connectivity index (χ4n) is 4.41. The van der Waals surface area contributed by atoms with Crippen molar-refractivity contribution in [2.75, 3.05) is 5.75 Å². The van der Waals surface area contributed by atoms with Gasteiger partial charge >= 0.3 is 0 Å². The minimum Gasteiger partial charge on any atom is -0.324 e. The molecule has 3 heteroatoms. The molecule has 4 aromatic rings. The zero-order valence-corrected chi connectivity index (χ0v) is 19.8. The molecule has 0 unspecified atom stereocenters. The summed E-state index contributed by atoms with van der Waals surface area (Å²) in [5.41, 5.74) is 7.16. The average molecular weight is 437 g/mol. The molecule has 32 heavy (non-hydrogen) atoms. The van der Waals surface area contributed by atoms with Crippen LogP contribution in [-0.4, -0.2) is 15.3 Å². The summed E-state index contributed by atoms with van der Waals surface area (Å²) < 4.78 is 2.32. The SMILES string of the molecule is CCCn1c(-c2ccc(C#Cc3ccc4c(c3)C(C)(C)CCS4)cc2)nc2ccccc21. The van der Waals surface area contributed by atoms with E-state index in [0.29, 0.717) is 0 Å². The van der Waals surface area contributed by atoms with Crippen LogP contribution in [0.2, 0.25) is 0 Å². The summed E-state index contributed by atoms with van der Waals surface area (Å²) in [7, 11) is 0. The van der Waals surface area contributed by atoms with Crippen molar-refractivity contribution in [3.8, 4) is 23.2 Å². The predicted octanol–water partition coefficient (Wildman–Crippen LogP) is 7.29. The number of aromatic nitrogens is 2. The molecular formula is C29H28N2S. The molecule has 1 aliphatic rings. The largest absolute Gasteiger partial charge is 0.324 e. The molecule has 0 spiro atoms. The van der Waals surface area contributed by atoms with Crippen LogP contribution in [0.5, 0.6) is 0 Å². The zero-order valence-electron chi connectivity index (χ0n) is 19.0. The van der Waals surface area contributed by atoms with Gasteiger partial charge in [-0.3, -0.25) is 0 Å². The van der Waals surface area contributed by atoms with Gasteiger partial charge < -0.3 is 4.57 Å². The van der Waals surface area contributed by atoms with Crippen molar-refractivity contribution in [2.45, 2.75) is 50.5 Å². The van der Waals surface area contributed by atoms with E-state index in [0.717, 1.165) is 41.0 Å². The number of thioether (sulfide) groups is 1. The van der Waals surface area contributed by atoms with Crippen molar-refractivity contribution in [1.29, 1.82) is 0 Å². The van der Waals surface area contributed by atoms with Crippen LogP contribution < -0.4 is 0 Å². The van der Waals surface area contributed by atoms with Gasteiger partial charge in [0.1, 0.15) is 5.82 Å². The van der Waals surface area contributed by atoms with E-state index in [9.17, 15) is 0 Å². The molecule has 0 fully saturated rings. The van der Waals surface area contributed by atoms with Crippen LogP contribution >= 0.6 is 11.8 Å². The second-order valence-corrected chi connectivity index (χ2v) is 10.2. The monoisotopic (exact) mass is 436 g/mol. The van der Waals surface area contributed by atoms with E-state index in [1.165, 1.54) is 28.1 Å². The molecule has 0 N–H and O–H groups in total. The standard InChI is InChI=1S/C29H28N2S/c1-4-18-31-26-8-6-5-7-25(26)30-28(31)23-14-11-21(12-15-23)9-10-22-13-16-27-24(20-22)29(2,3)17-19-32-27/h5-8,11-16,20H,4,17-19H2,1-3H3. The molecule has 1 aliphatic heterocycles. The van der Waals surface area contributed by atoms with E-state index in [-0.39, 0.29) is 5.41 Å². The van der Waals surface area contributed by atoms with Gasteiger partial charge in [0.05, 0.1) is 11.0 Å². The Kier molecular flexibility index (Phi) is 5.57. The molecule has 0 amide bonds. The Morgan fingerprint density at radius 1 is 0.969 bits per heavy atom. The van der Waals surface area contributed by atoms with Crippen molar-refractivity contribution >= 4 is 22.8 Å². The molecule has 160 valence electrons. The first-order valence-electron chi connectivity index (χ1n) is 11.4. The Morgan fingerprint density at radius 2 is 1.72 bits per heavy atom. The zero-order chi connectivity index (χ0) is 22.1. The first-order chi connectivity index (χ1) is 15.5. The van der Waals surface area contributed by atoms with Crippen molar-refractivity contribution in [3.63, 3.8) is 0 Å². The summed E-state index contributed by atoms with van der Waals surface area (Å²) in [6.45, 7) is 7.85. The van der Waals surface area contributed by atoms with Crippen molar-refractivity contribution in [3.05, 3.63) is 83.4 Å². The van der Waals surface area contributed by atoms with Gasteiger partial charge in [0.25, 0.3) is 0 Å². The van der Waals surface area contributed by atoms with Crippen LogP contribution in [0, 0.1) is 11.8 Å². The van der Waals surface area contributed by atoms with Gasteiger partial charge in [-0.2, -0.15) is 0 Å². The highest BCUT2D eigenvalue weighted by molar-refractivity contribution is 7.99. The Balaban J connectivity index is 1.44. The molecule has 3 aromatic carbocycles. The molecule has 0 saturated carbocycles. The summed E-state index contributed by atoms with van der Waals surface area (Å²) in [5, 5.41) is 0. The van der Waals surface area contributed by atoms with E-state index >= 15 is 0 Å². The van der Waals surface area contributed by atoms with Crippen molar-refractivity contribution in [2.24, 2.45) is 0 Å². The number of rotatable bonds is 3. The Hall–Kier alpha value is -2.96. The normalized spacial score (nSPS) is 14.6. The van der Waals surface area contributed by atoms with E-state index in [2.05, 4.69) is 104 Å². The minimum atomic E-state index is 0.226. The number of para-hydroxylation sites is 2. The number of benzene rings is 3. The number of nitrogens with zero attached hydrogens (tertiary/aromatic N) is 2. The van der Waals surface area contributed by atoms with Gasteiger partial charge in [-0.15, -0.1) is 11.8 Å². The lowest BCUT2D eigenvalue weighted by Gasteiger charge is -2.32. The third-order valence-electron chi connectivity index (χ3n) is 6.29. The molecule has 0 atom stereocenters. The summed E-state index contributed by atoms with van der Waals surface area (Å²) in [6.07, 6.45) is 2.29. The van der Waals surface area contributed by atoms with Gasteiger partial charge in [-0.25, -0.2) is 4.98 Å². The molecule has 2 heterocycles. The summed E-state index contributed by atoms with van der Waals surface area (Å²) in [5.74, 6) is 8.96. The van der Waals surface area contributed by atoms with Crippen molar-refractivity contribution < 1.29 is 0 Å². The molecule has 0 aliphatic carbocycles. The van der Waals surface area contributed by atoms with Crippen LogP contribution in [0.25, 0.3) is 22.4 Å². The maximum absolute atomic E-state index is 4.90. The third kappa shape index (κ3) is 3.96. The van der Waals surface area contributed by atoms with Crippen LogP contribution in [0.4, 0.5) is 0 Å². The molecule has 0 saturated heterocycles. The van der Waals surface area contributed by atoms with E-state index < -0.39 is 0 Å². The number of hydrogen-bond donors (Lipinski definition) is 0. The number of aryl methyl sites for hydroxylation is 1. The quantitative estimate of drug-likeness (QED) is 0.314. The fourth-order valence-corrected chi connectivity index (χ4v) is 5.89. The van der Waals surface area contributed by atoms with Crippen LogP contribution in [-0.2, 0) is 12.0 Å². The lowest BCUT2D eigenvalue weighted by molar-refractivity contribution is 0.494. The molecule has 0 radical (unpaired) electrons. The third-order valence-corrected chi connectivity index (χ3v) is 7.36. The molecule has 0 bridgehead atoms. The molecule has 5 rings (SSSR count). The first kappa shape index (κ1) is 20.9. The van der Waals surface area contributed by atoms with Gasteiger partial charge in [0.2, 0.25) is 0 Å². The number of imidazole rings is 1.